The van der Waals surface area contributed by atoms with Gasteiger partial charge in [-0.25, -0.2) is 0 Å². The molecule has 0 spiro atoms. The van der Waals surface area contributed by atoms with E-state index in [1.165, 1.54) is 16.7 Å². The molecular weight excluding hydrogens is 360 g/mol. The second-order valence-corrected chi connectivity index (χ2v) is 7.59. The van der Waals surface area contributed by atoms with Gasteiger partial charge in [-0.3, -0.25) is 4.98 Å². The first-order valence-electron chi connectivity index (χ1n) is 9.74. The number of hydrogen-bond acceptors (Lipinski definition) is 5. The Kier molecular flexibility index (Phi) is 4.70. The Morgan fingerprint density at radius 1 is 0.759 bits per heavy atom. The normalized spacial score (nSPS) is 11.1. The number of pyridine rings is 1. The summed E-state index contributed by atoms with van der Waals surface area (Å²) in [6.07, 6.45) is 1.88. The number of nitrogens with one attached hydrogen (secondary N) is 3. The van der Waals surface area contributed by atoms with Crippen LogP contribution in [0.3, 0.4) is 0 Å². The fourth-order valence-electron chi connectivity index (χ4n) is 3.45. The van der Waals surface area contributed by atoms with Crippen molar-refractivity contribution in [1.29, 1.82) is 0 Å². The van der Waals surface area contributed by atoms with E-state index < -0.39 is 0 Å². The van der Waals surface area contributed by atoms with Gasteiger partial charge in [-0.1, -0.05) is 6.07 Å². The van der Waals surface area contributed by atoms with Crippen LogP contribution in [0.25, 0.3) is 11.0 Å². The first kappa shape index (κ1) is 18.9. The number of H-pyrrole nitrogens is 1. The van der Waals surface area contributed by atoms with Crippen molar-refractivity contribution in [3.63, 3.8) is 0 Å². The minimum Gasteiger partial charge on any atom is -0.346 e. The molecule has 3 N–H and O–H groups in total. The smallest absolute Gasteiger partial charge is 0.231 e. The summed E-state index contributed by atoms with van der Waals surface area (Å²) in [5.74, 6) is 1.31. The van der Waals surface area contributed by atoms with Gasteiger partial charge in [0.2, 0.25) is 5.95 Å². The number of nitrogens with zero attached hydrogens (tertiary/aromatic N) is 3. The highest BCUT2D eigenvalue weighted by atomic mass is 15.2. The Hall–Kier alpha value is -3.41. The standard InChI is InChI=1S/C23H26N6/c1-12-7-8-19(15(4)14(12)3)27-23-28-21-18(9-10-24-21)22(29-23)26-20-11-13(2)25-17(6)16(20)5/h7-11H,1-6H3,(H3,24,25,26,27,28,29). The SMILES string of the molecule is Cc1cc(Nc2nc(Nc3ccc(C)c(C)c3C)nc3[nH]ccc23)c(C)c(C)n1. The molecule has 0 aliphatic rings. The summed E-state index contributed by atoms with van der Waals surface area (Å²) in [6, 6.07) is 8.22. The van der Waals surface area contributed by atoms with Crippen molar-refractivity contribution in [2.45, 2.75) is 41.5 Å². The van der Waals surface area contributed by atoms with Gasteiger partial charge in [0.1, 0.15) is 11.5 Å². The number of benzene rings is 1. The number of fused-ring (bicyclic) bond motifs is 1. The summed E-state index contributed by atoms with van der Waals surface area (Å²) in [5, 5.41) is 7.83. The van der Waals surface area contributed by atoms with Crippen LogP contribution in [0.2, 0.25) is 0 Å². The van der Waals surface area contributed by atoms with Crippen LogP contribution in [0.15, 0.2) is 30.5 Å². The lowest BCUT2D eigenvalue weighted by Gasteiger charge is -2.15. The van der Waals surface area contributed by atoms with E-state index in [2.05, 4.69) is 65.4 Å². The summed E-state index contributed by atoms with van der Waals surface area (Å²) in [6.45, 7) is 12.5. The quantitative estimate of drug-likeness (QED) is 0.420. The van der Waals surface area contributed by atoms with E-state index in [0.717, 1.165) is 45.2 Å². The van der Waals surface area contributed by atoms with E-state index in [1.54, 1.807) is 0 Å². The molecule has 148 valence electrons. The number of aromatic amines is 1. The van der Waals surface area contributed by atoms with Crippen molar-refractivity contribution in [2.75, 3.05) is 10.6 Å². The van der Waals surface area contributed by atoms with E-state index in [4.69, 9.17) is 4.98 Å². The summed E-state index contributed by atoms with van der Waals surface area (Å²) < 4.78 is 0. The minimum atomic E-state index is 0.550. The largest absolute Gasteiger partial charge is 0.346 e. The van der Waals surface area contributed by atoms with E-state index >= 15 is 0 Å². The molecule has 6 heteroatoms. The minimum absolute atomic E-state index is 0.550. The van der Waals surface area contributed by atoms with Crippen molar-refractivity contribution in [1.82, 2.24) is 19.9 Å². The number of hydrogen-bond donors (Lipinski definition) is 3. The molecule has 3 aromatic heterocycles. The molecule has 0 saturated carbocycles. The van der Waals surface area contributed by atoms with E-state index in [-0.39, 0.29) is 0 Å². The molecular formula is C23H26N6. The topological polar surface area (TPSA) is 78.5 Å². The molecule has 0 fully saturated rings. The van der Waals surface area contributed by atoms with Crippen molar-refractivity contribution >= 4 is 34.2 Å². The van der Waals surface area contributed by atoms with E-state index in [9.17, 15) is 0 Å². The van der Waals surface area contributed by atoms with Crippen LogP contribution >= 0.6 is 0 Å². The molecule has 3 heterocycles. The second-order valence-electron chi connectivity index (χ2n) is 7.59. The van der Waals surface area contributed by atoms with Crippen LogP contribution in [0, 0.1) is 41.5 Å². The lowest BCUT2D eigenvalue weighted by atomic mass is 10.0. The van der Waals surface area contributed by atoms with Gasteiger partial charge in [-0.15, -0.1) is 0 Å². The predicted octanol–water partition coefficient (Wildman–Crippen LogP) is 5.69. The van der Waals surface area contributed by atoms with Gasteiger partial charge in [-0.05, 0) is 82.0 Å². The van der Waals surface area contributed by atoms with Crippen LogP contribution in [0.1, 0.15) is 33.6 Å². The first-order chi connectivity index (χ1) is 13.8. The zero-order chi connectivity index (χ0) is 20.7. The number of aromatic nitrogens is 4. The molecule has 0 saturated heterocycles. The van der Waals surface area contributed by atoms with Crippen LogP contribution in [-0.2, 0) is 0 Å². The average molecular weight is 387 g/mol. The Labute approximate surface area is 170 Å². The van der Waals surface area contributed by atoms with Crippen LogP contribution in [-0.4, -0.2) is 19.9 Å². The second kappa shape index (κ2) is 7.20. The molecule has 29 heavy (non-hydrogen) atoms. The molecule has 0 aliphatic heterocycles. The summed E-state index contributed by atoms with van der Waals surface area (Å²) in [4.78, 5) is 17.2. The maximum absolute atomic E-state index is 4.78. The van der Waals surface area contributed by atoms with Crippen molar-refractivity contribution in [2.24, 2.45) is 0 Å². The number of rotatable bonds is 4. The van der Waals surface area contributed by atoms with Crippen molar-refractivity contribution in [3.05, 3.63) is 64.1 Å². The molecule has 4 rings (SSSR count). The van der Waals surface area contributed by atoms with Crippen molar-refractivity contribution in [3.8, 4) is 0 Å². The van der Waals surface area contributed by atoms with Crippen molar-refractivity contribution < 1.29 is 0 Å². The molecule has 0 amide bonds. The van der Waals surface area contributed by atoms with Gasteiger partial charge in [0.05, 0.1) is 5.39 Å². The van der Waals surface area contributed by atoms with Gasteiger partial charge in [0.15, 0.2) is 0 Å². The summed E-state index contributed by atoms with van der Waals surface area (Å²) in [5.41, 5.74) is 9.63. The van der Waals surface area contributed by atoms with Crippen LogP contribution < -0.4 is 10.6 Å². The molecule has 0 unspecified atom stereocenters. The third-order valence-corrected chi connectivity index (χ3v) is 5.62. The van der Waals surface area contributed by atoms with Gasteiger partial charge >= 0.3 is 0 Å². The Bertz CT molecular complexity index is 1220. The monoisotopic (exact) mass is 386 g/mol. The fourth-order valence-corrected chi connectivity index (χ4v) is 3.45. The summed E-state index contributed by atoms with van der Waals surface area (Å²) >= 11 is 0. The zero-order valence-corrected chi connectivity index (χ0v) is 17.7. The lowest BCUT2D eigenvalue weighted by Crippen LogP contribution is -2.05. The molecule has 0 atom stereocenters. The van der Waals surface area contributed by atoms with Gasteiger partial charge in [0.25, 0.3) is 0 Å². The van der Waals surface area contributed by atoms with Gasteiger partial charge in [0, 0.05) is 29.0 Å². The third kappa shape index (κ3) is 3.53. The molecule has 0 aliphatic carbocycles. The highest BCUT2D eigenvalue weighted by Crippen LogP contribution is 2.29. The maximum atomic E-state index is 4.78. The Morgan fingerprint density at radius 3 is 2.34 bits per heavy atom. The highest BCUT2D eigenvalue weighted by molar-refractivity contribution is 5.90. The zero-order valence-electron chi connectivity index (χ0n) is 17.7. The third-order valence-electron chi connectivity index (χ3n) is 5.62. The van der Waals surface area contributed by atoms with Crippen LogP contribution in [0.4, 0.5) is 23.1 Å². The summed E-state index contributed by atoms with van der Waals surface area (Å²) in [7, 11) is 0. The van der Waals surface area contributed by atoms with Gasteiger partial charge in [-0.2, -0.15) is 9.97 Å². The average Bonchev–Trinajstić information content (AvgIpc) is 3.15. The maximum Gasteiger partial charge on any atom is 0.231 e. The Balaban J connectivity index is 1.76. The predicted molar refractivity (Wildman–Crippen MR) is 120 cm³/mol. The fraction of sp³-hybridized carbons (Fsp3) is 0.261. The molecule has 6 nitrogen and oxygen atoms in total. The number of aryl methyl sites for hydroxylation is 3. The molecule has 0 radical (unpaired) electrons. The molecule has 0 bridgehead atoms. The van der Waals surface area contributed by atoms with Gasteiger partial charge < -0.3 is 15.6 Å². The Morgan fingerprint density at radius 2 is 1.55 bits per heavy atom. The van der Waals surface area contributed by atoms with Crippen LogP contribution in [0.5, 0.6) is 0 Å². The number of anilines is 4. The molecule has 1 aromatic carbocycles. The first-order valence-corrected chi connectivity index (χ1v) is 9.74. The van der Waals surface area contributed by atoms with E-state index in [1.807, 2.05) is 32.2 Å². The lowest BCUT2D eigenvalue weighted by molar-refractivity contribution is 1.09. The highest BCUT2D eigenvalue weighted by Gasteiger charge is 2.13. The molecule has 4 aromatic rings. The van der Waals surface area contributed by atoms with E-state index in [0.29, 0.717) is 5.95 Å².